The van der Waals surface area contributed by atoms with E-state index in [0.29, 0.717) is 13.1 Å². The molecule has 0 amide bonds. The van der Waals surface area contributed by atoms with E-state index < -0.39 is 6.10 Å². The maximum atomic E-state index is 10.6. The number of rotatable bonds is 6. The number of aromatic nitrogens is 2. The molecule has 0 aliphatic carbocycles. The molecule has 138 valence electrons. The van der Waals surface area contributed by atoms with Gasteiger partial charge in [0.2, 0.25) is 0 Å². The smallest absolute Gasteiger partial charge is 0.0959 e. The Hall–Kier alpha value is -1.47. The molecule has 6 nitrogen and oxygen atoms in total. The summed E-state index contributed by atoms with van der Waals surface area (Å²) in [4.78, 5) is 8.93. The monoisotopic (exact) mass is 346 g/mol. The fourth-order valence-electron chi connectivity index (χ4n) is 3.51. The first-order chi connectivity index (χ1) is 11.9. The van der Waals surface area contributed by atoms with Crippen LogP contribution in [0.3, 0.4) is 0 Å². The fraction of sp³-hybridized carbons (Fsp3) is 0.632. The predicted molar refractivity (Wildman–Crippen MR) is 99.9 cm³/mol. The van der Waals surface area contributed by atoms with E-state index in [4.69, 9.17) is 4.74 Å². The summed E-state index contributed by atoms with van der Waals surface area (Å²) in [6, 6.07) is 4.27. The molecular weight excluding hydrogens is 316 g/mol. The minimum Gasteiger partial charge on any atom is -0.390 e. The van der Waals surface area contributed by atoms with Gasteiger partial charge in [-0.2, -0.15) is 0 Å². The number of benzene rings is 1. The van der Waals surface area contributed by atoms with Crippen LogP contribution >= 0.6 is 0 Å². The van der Waals surface area contributed by atoms with Gasteiger partial charge in [0, 0.05) is 26.2 Å². The van der Waals surface area contributed by atoms with E-state index in [-0.39, 0.29) is 6.10 Å². The van der Waals surface area contributed by atoms with Crippen molar-refractivity contribution in [3.63, 3.8) is 0 Å². The first-order valence-corrected chi connectivity index (χ1v) is 9.01. The molecule has 2 heterocycles. The molecule has 2 atom stereocenters. The van der Waals surface area contributed by atoms with Crippen molar-refractivity contribution in [2.24, 2.45) is 0 Å². The second-order valence-electron chi connectivity index (χ2n) is 7.49. The molecule has 0 spiro atoms. The van der Waals surface area contributed by atoms with Gasteiger partial charge in [0.1, 0.15) is 0 Å². The van der Waals surface area contributed by atoms with Gasteiger partial charge in [-0.3, -0.25) is 4.90 Å². The average Bonchev–Trinajstić information content (AvgIpc) is 2.89. The van der Waals surface area contributed by atoms with Crippen molar-refractivity contribution < 1.29 is 9.84 Å². The topological polar surface area (TPSA) is 53.8 Å². The highest BCUT2D eigenvalue weighted by Crippen LogP contribution is 2.19. The number of aliphatic hydroxyl groups is 1. The van der Waals surface area contributed by atoms with Crippen molar-refractivity contribution >= 4 is 11.0 Å². The van der Waals surface area contributed by atoms with Gasteiger partial charge >= 0.3 is 0 Å². The zero-order valence-corrected chi connectivity index (χ0v) is 15.8. The quantitative estimate of drug-likeness (QED) is 0.854. The van der Waals surface area contributed by atoms with E-state index in [0.717, 1.165) is 37.3 Å². The number of β-amino-alcohol motifs (C(OH)–C–C–N with tert-alkyl or cyclic N) is 1. The van der Waals surface area contributed by atoms with Crippen LogP contribution in [-0.4, -0.2) is 83.5 Å². The van der Waals surface area contributed by atoms with E-state index in [2.05, 4.69) is 59.4 Å². The third-order valence-corrected chi connectivity index (χ3v) is 4.90. The van der Waals surface area contributed by atoms with Crippen LogP contribution in [0.4, 0.5) is 0 Å². The van der Waals surface area contributed by atoms with Gasteiger partial charge in [-0.05, 0) is 51.2 Å². The lowest BCUT2D eigenvalue weighted by atomic mass is 10.1. The standard InChI is InChI=1S/C19H30N4O2/c1-14-7-18-19(8-15(14)2)23(13-20-18)10-16(24)9-22-5-6-25-17(12-22)11-21(3)4/h7-8,13,16-17,24H,5-6,9-12H2,1-4H3/t16-,17+/m0/s1. The molecule has 0 saturated carbocycles. The van der Waals surface area contributed by atoms with Crippen molar-refractivity contribution in [3.05, 3.63) is 29.6 Å². The highest BCUT2D eigenvalue weighted by molar-refractivity contribution is 5.77. The van der Waals surface area contributed by atoms with Crippen molar-refractivity contribution in [3.8, 4) is 0 Å². The Morgan fingerprint density at radius 1 is 1.28 bits per heavy atom. The van der Waals surface area contributed by atoms with Crippen LogP contribution in [-0.2, 0) is 11.3 Å². The molecule has 0 unspecified atom stereocenters. The maximum Gasteiger partial charge on any atom is 0.0959 e. The van der Waals surface area contributed by atoms with Crippen LogP contribution in [0.15, 0.2) is 18.5 Å². The van der Waals surface area contributed by atoms with Crippen molar-refractivity contribution in [1.29, 1.82) is 0 Å². The molecule has 2 aromatic rings. The number of aryl methyl sites for hydroxylation is 2. The predicted octanol–water partition coefficient (Wildman–Crippen LogP) is 1.28. The lowest BCUT2D eigenvalue weighted by molar-refractivity contribution is -0.0496. The van der Waals surface area contributed by atoms with Crippen LogP contribution in [0.25, 0.3) is 11.0 Å². The second kappa shape index (κ2) is 7.83. The Morgan fingerprint density at radius 3 is 2.80 bits per heavy atom. The van der Waals surface area contributed by atoms with Crippen LogP contribution in [0.5, 0.6) is 0 Å². The zero-order valence-electron chi connectivity index (χ0n) is 15.8. The number of aliphatic hydroxyl groups excluding tert-OH is 1. The molecule has 25 heavy (non-hydrogen) atoms. The van der Waals surface area contributed by atoms with Crippen LogP contribution in [0.1, 0.15) is 11.1 Å². The molecule has 0 bridgehead atoms. The second-order valence-corrected chi connectivity index (χ2v) is 7.49. The highest BCUT2D eigenvalue weighted by atomic mass is 16.5. The van der Waals surface area contributed by atoms with E-state index in [9.17, 15) is 5.11 Å². The summed E-state index contributed by atoms with van der Waals surface area (Å²) in [5.41, 5.74) is 4.59. The highest BCUT2D eigenvalue weighted by Gasteiger charge is 2.23. The summed E-state index contributed by atoms with van der Waals surface area (Å²) in [5.74, 6) is 0. The molecule has 6 heteroatoms. The largest absolute Gasteiger partial charge is 0.390 e. The first-order valence-electron chi connectivity index (χ1n) is 9.01. The minimum atomic E-state index is -0.419. The van der Waals surface area contributed by atoms with Crippen molar-refractivity contribution in [2.75, 3.05) is 46.9 Å². The molecule has 1 aromatic heterocycles. The first kappa shape index (κ1) is 18.3. The number of fused-ring (bicyclic) bond motifs is 1. The minimum absolute atomic E-state index is 0.218. The van der Waals surface area contributed by atoms with Gasteiger partial charge in [-0.25, -0.2) is 4.98 Å². The molecular formula is C19H30N4O2. The van der Waals surface area contributed by atoms with E-state index in [1.807, 2.05) is 6.33 Å². The Morgan fingerprint density at radius 2 is 2.04 bits per heavy atom. The number of nitrogens with zero attached hydrogens (tertiary/aromatic N) is 4. The van der Waals surface area contributed by atoms with Gasteiger partial charge in [-0.15, -0.1) is 0 Å². The lowest BCUT2D eigenvalue weighted by Gasteiger charge is -2.35. The zero-order chi connectivity index (χ0) is 18.0. The van der Waals surface area contributed by atoms with Gasteiger partial charge in [0.05, 0.1) is 42.7 Å². The van der Waals surface area contributed by atoms with Crippen molar-refractivity contribution in [1.82, 2.24) is 19.4 Å². The molecule has 1 fully saturated rings. The Bertz CT molecular complexity index is 713. The van der Waals surface area contributed by atoms with Gasteiger partial charge in [-0.1, -0.05) is 0 Å². The van der Waals surface area contributed by atoms with Gasteiger partial charge in [0.25, 0.3) is 0 Å². The number of hydrogen-bond acceptors (Lipinski definition) is 5. The molecule has 1 N–H and O–H groups in total. The van der Waals surface area contributed by atoms with Gasteiger partial charge < -0.3 is 19.3 Å². The van der Waals surface area contributed by atoms with Gasteiger partial charge in [0.15, 0.2) is 0 Å². The maximum absolute atomic E-state index is 10.6. The normalized spacial score (nSPS) is 20.5. The average molecular weight is 346 g/mol. The summed E-state index contributed by atoms with van der Waals surface area (Å²) in [6.07, 6.45) is 1.63. The summed E-state index contributed by atoms with van der Waals surface area (Å²) in [6.45, 7) is 8.84. The molecule has 1 aromatic carbocycles. The number of likely N-dealkylation sites (N-methyl/N-ethyl adjacent to an activating group) is 1. The third-order valence-electron chi connectivity index (χ3n) is 4.90. The Balaban J connectivity index is 1.61. The molecule has 3 rings (SSSR count). The fourth-order valence-corrected chi connectivity index (χ4v) is 3.51. The van der Waals surface area contributed by atoms with Crippen LogP contribution < -0.4 is 0 Å². The van der Waals surface area contributed by atoms with E-state index in [1.54, 1.807) is 0 Å². The number of morpholine rings is 1. The van der Waals surface area contributed by atoms with Crippen molar-refractivity contribution in [2.45, 2.75) is 32.6 Å². The lowest BCUT2D eigenvalue weighted by Crippen LogP contribution is -2.49. The van der Waals surface area contributed by atoms with E-state index >= 15 is 0 Å². The summed E-state index contributed by atoms with van der Waals surface area (Å²) in [5, 5.41) is 10.6. The van der Waals surface area contributed by atoms with E-state index in [1.165, 1.54) is 11.1 Å². The number of imidazole rings is 1. The number of ether oxygens (including phenoxy) is 1. The van der Waals surface area contributed by atoms with Crippen LogP contribution in [0.2, 0.25) is 0 Å². The Labute approximate surface area is 150 Å². The SMILES string of the molecule is Cc1cc2ncn(C[C@@H](O)CN3CCO[C@H](CN(C)C)C3)c2cc1C. The third kappa shape index (κ3) is 4.58. The summed E-state index contributed by atoms with van der Waals surface area (Å²) in [7, 11) is 4.12. The molecule has 1 aliphatic heterocycles. The molecule has 0 radical (unpaired) electrons. The summed E-state index contributed by atoms with van der Waals surface area (Å²) < 4.78 is 7.87. The van der Waals surface area contributed by atoms with Crippen LogP contribution in [0, 0.1) is 13.8 Å². The molecule has 1 aliphatic rings. The Kier molecular flexibility index (Phi) is 5.74. The number of hydrogen-bond donors (Lipinski definition) is 1. The summed E-state index contributed by atoms with van der Waals surface area (Å²) >= 11 is 0. The molecule has 1 saturated heterocycles.